The van der Waals surface area contributed by atoms with Crippen LogP contribution in [0.25, 0.3) is 16.9 Å². The number of fused-ring (bicyclic) bond motifs is 1. The molecule has 0 radical (unpaired) electrons. The molecular weight excluding hydrogens is 349 g/mol. The Labute approximate surface area is 155 Å². The van der Waals surface area contributed by atoms with Gasteiger partial charge in [-0.25, -0.2) is 9.37 Å². The van der Waals surface area contributed by atoms with E-state index in [9.17, 15) is 14.0 Å². The van der Waals surface area contributed by atoms with Gasteiger partial charge in [0.15, 0.2) is 0 Å². The number of nitrogens with zero attached hydrogens (tertiary/aromatic N) is 4. The van der Waals surface area contributed by atoms with Crippen molar-refractivity contribution in [3.63, 3.8) is 0 Å². The maximum Gasteiger partial charge on any atom is 0.294 e. The van der Waals surface area contributed by atoms with Crippen molar-refractivity contribution in [2.45, 2.75) is 13.0 Å². The molecule has 3 aromatic rings. The van der Waals surface area contributed by atoms with Gasteiger partial charge in [-0.05, 0) is 36.8 Å². The highest BCUT2D eigenvalue weighted by molar-refractivity contribution is 5.93. The zero-order valence-electron chi connectivity index (χ0n) is 15.1. The SMILES string of the molecule is C[C@@H]1CN(C(=O)c2cn3cc(-c4ccc(F)cc4)n(C)c(=O)c3n2)CCN1. The molecule has 3 heterocycles. The van der Waals surface area contributed by atoms with E-state index < -0.39 is 0 Å². The molecule has 140 valence electrons. The van der Waals surface area contributed by atoms with E-state index in [1.807, 2.05) is 6.92 Å². The smallest absolute Gasteiger partial charge is 0.294 e. The molecule has 0 aliphatic carbocycles. The third-order valence-corrected chi connectivity index (χ3v) is 4.87. The number of benzene rings is 1. The monoisotopic (exact) mass is 369 g/mol. The van der Waals surface area contributed by atoms with E-state index in [1.165, 1.54) is 16.7 Å². The van der Waals surface area contributed by atoms with Crippen LogP contribution in [0, 0.1) is 5.82 Å². The van der Waals surface area contributed by atoms with Crippen LogP contribution in [0.4, 0.5) is 4.39 Å². The molecule has 4 rings (SSSR count). The van der Waals surface area contributed by atoms with Crippen LogP contribution in [0.5, 0.6) is 0 Å². The Balaban J connectivity index is 1.76. The molecule has 0 spiro atoms. The first kappa shape index (κ1) is 17.4. The standard InChI is InChI=1S/C19H20FN5O2/c1-12-9-24(8-7-21-12)18(26)15-10-25-11-16(13-3-5-14(20)6-4-13)23(2)19(27)17(25)22-15/h3-6,10-12,21H,7-9H2,1-2H3/t12-/m1/s1. The summed E-state index contributed by atoms with van der Waals surface area (Å²) in [5.41, 5.74) is 1.44. The van der Waals surface area contributed by atoms with E-state index in [0.29, 0.717) is 24.3 Å². The number of rotatable bonds is 2. The van der Waals surface area contributed by atoms with Crippen LogP contribution < -0.4 is 10.9 Å². The van der Waals surface area contributed by atoms with Crippen molar-refractivity contribution in [1.29, 1.82) is 0 Å². The second-order valence-electron chi connectivity index (χ2n) is 6.85. The van der Waals surface area contributed by atoms with Gasteiger partial charge in [0.1, 0.15) is 11.5 Å². The van der Waals surface area contributed by atoms with E-state index in [0.717, 1.165) is 6.54 Å². The average molecular weight is 369 g/mol. The van der Waals surface area contributed by atoms with Crippen LogP contribution in [-0.4, -0.2) is 50.4 Å². The van der Waals surface area contributed by atoms with Crippen molar-refractivity contribution in [3.8, 4) is 11.3 Å². The summed E-state index contributed by atoms with van der Waals surface area (Å²) in [5.74, 6) is -0.525. The predicted octanol–water partition coefficient (Wildman–Crippen LogP) is 1.27. The van der Waals surface area contributed by atoms with Gasteiger partial charge in [0.25, 0.3) is 11.5 Å². The van der Waals surface area contributed by atoms with Gasteiger partial charge < -0.3 is 14.8 Å². The zero-order valence-corrected chi connectivity index (χ0v) is 15.1. The largest absolute Gasteiger partial charge is 0.334 e. The summed E-state index contributed by atoms with van der Waals surface area (Å²) in [6.07, 6.45) is 3.31. The molecule has 1 amide bonds. The minimum Gasteiger partial charge on any atom is -0.334 e. The lowest BCUT2D eigenvalue weighted by molar-refractivity contribution is 0.0704. The fourth-order valence-electron chi connectivity index (χ4n) is 3.40. The lowest BCUT2D eigenvalue weighted by atomic mass is 10.1. The zero-order chi connectivity index (χ0) is 19.1. The van der Waals surface area contributed by atoms with Crippen molar-refractivity contribution in [2.75, 3.05) is 19.6 Å². The van der Waals surface area contributed by atoms with Crippen molar-refractivity contribution >= 4 is 11.6 Å². The number of piperazine rings is 1. The summed E-state index contributed by atoms with van der Waals surface area (Å²) >= 11 is 0. The number of carbonyl (C=O) groups is 1. The van der Waals surface area contributed by atoms with Crippen LogP contribution in [0.15, 0.2) is 41.5 Å². The van der Waals surface area contributed by atoms with Gasteiger partial charge >= 0.3 is 0 Å². The maximum atomic E-state index is 13.2. The summed E-state index contributed by atoms with van der Waals surface area (Å²) in [6.45, 7) is 3.96. The highest BCUT2D eigenvalue weighted by Crippen LogP contribution is 2.19. The summed E-state index contributed by atoms with van der Waals surface area (Å²) < 4.78 is 16.2. The lowest BCUT2D eigenvalue weighted by Gasteiger charge is -2.31. The molecule has 7 nitrogen and oxygen atoms in total. The second kappa shape index (κ2) is 6.62. The van der Waals surface area contributed by atoms with Gasteiger partial charge in [0.05, 0.1) is 5.69 Å². The van der Waals surface area contributed by atoms with Crippen LogP contribution >= 0.6 is 0 Å². The first-order chi connectivity index (χ1) is 12.9. The van der Waals surface area contributed by atoms with Crippen LogP contribution in [0.3, 0.4) is 0 Å². The molecule has 8 heteroatoms. The fraction of sp³-hybridized carbons (Fsp3) is 0.316. The Morgan fingerprint density at radius 3 is 2.70 bits per heavy atom. The third-order valence-electron chi connectivity index (χ3n) is 4.87. The Hall–Kier alpha value is -3.00. The number of amides is 1. The molecule has 1 atom stereocenters. The molecule has 0 unspecified atom stereocenters. The van der Waals surface area contributed by atoms with Crippen molar-refractivity contribution < 1.29 is 9.18 Å². The molecular formula is C19H20FN5O2. The normalized spacial score (nSPS) is 17.4. The van der Waals surface area contributed by atoms with Crippen molar-refractivity contribution in [2.24, 2.45) is 7.05 Å². The van der Waals surface area contributed by atoms with Crippen LogP contribution in [-0.2, 0) is 7.05 Å². The van der Waals surface area contributed by atoms with Crippen molar-refractivity contribution in [3.05, 3.63) is 58.5 Å². The van der Waals surface area contributed by atoms with E-state index in [2.05, 4.69) is 10.3 Å². The molecule has 0 bridgehead atoms. The van der Waals surface area contributed by atoms with Crippen LogP contribution in [0.2, 0.25) is 0 Å². The molecule has 27 heavy (non-hydrogen) atoms. The van der Waals surface area contributed by atoms with Gasteiger partial charge in [-0.1, -0.05) is 0 Å². The van der Waals surface area contributed by atoms with E-state index in [1.54, 1.807) is 40.9 Å². The Bertz CT molecular complexity index is 1070. The average Bonchev–Trinajstić information content (AvgIpc) is 3.09. The molecule has 2 aromatic heterocycles. The minimum atomic E-state index is -0.342. The van der Waals surface area contributed by atoms with E-state index in [4.69, 9.17) is 0 Å². The topological polar surface area (TPSA) is 71.6 Å². The molecule has 1 N–H and O–H groups in total. The number of aromatic nitrogens is 3. The summed E-state index contributed by atoms with van der Waals surface area (Å²) in [4.78, 5) is 31.5. The molecule has 0 saturated carbocycles. The van der Waals surface area contributed by atoms with Crippen LogP contribution in [0.1, 0.15) is 17.4 Å². The number of halogens is 1. The van der Waals surface area contributed by atoms with Gasteiger partial charge in [-0.2, -0.15) is 0 Å². The number of hydrogen-bond acceptors (Lipinski definition) is 4. The predicted molar refractivity (Wildman–Crippen MR) is 99.2 cm³/mol. The summed E-state index contributed by atoms with van der Waals surface area (Å²) in [5, 5.41) is 3.29. The fourth-order valence-corrected chi connectivity index (χ4v) is 3.40. The summed E-state index contributed by atoms with van der Waals surface area (Å²) in [7, 11) is 1.63. The Morgan fingerprint density at radius 2 is 2.00 bits per heavy atom. The van der Waals surface area contributed by atoms with E-state index >= 15 is 0 Å². The molecule has 1 saturated heterocycles. The van der Waals surface area contributed by atoms with Gasteiger partial charge in [-0.15, -0.1) is 0 Å². The molecule has 1 fully saturated rings. The minimum absolute atomic E-state index is 0.183. The molecule has 1 aliphatic heterocycles. The number of nitrogens with one attached hydrogen (secondary N) is 1. The first-order valence-corrected chi connectivity index (χ1v) is 8.81. The van der Waals surface area contributed by atoms with Gasteiger partial charge in [-0.3, -0.25) is 14.0 Å². The molecule has 1 aromatic carbocycles. The summed E-state index contributed by atoms with van der Waals surface area (Å²) in [6, 6.07) is 6.14. The lowest BCUT2D eigenvalue weighted by Crippen LogP contribution is -2.51. The Kier molecular flexibility index (Phi) is 4.27. The number of hydrogen-bond donors (Lipinski definition) is 1. The van der Waals surface area contributed by atoms with Crippen molar-refractivity contribution in [1.82, 2.24) is 24.2 Å². The number of imidazole rings is 1. The van der Waals surface area contributed by atoms with Gasteiger partial charge in [0.2, 0.25) is 5.65 Å². The maximum absolute atomic E-state index is 13.2. The number of carbonyl (C=O) groups excluding carboxylic acids is 1. The highest BCUT2D eigenvalue weighted by Gasteiger charge is 2.24. The highest BCUT2D eigenvalue weighted by atomic mass is 19.1. The Morgan fingerprint density at radius 1 is 1.26 bits per heavy atom. The van der Waals surface area contributed by atoms with E-state index in [-0.39, 0.29) is 34.7 Å². The van der Waals surface area contributed by atoms with Gasteiger partial charge in [0, 0.05) is 45.1 Å². The molecule has 1 aliphatic rings. The first-order valence-electron chi connectivity index (χ1n) is 8.81. The quantitative estimate of drug-likeness (QED) is 0.739. The third kappa shape index (κ3) is 3.12. The second-order valence-corrected chi connectivity index (χ2v) is 6.85.